The van der Waals surface area contributed by atoms with Crippen LogP contribution >= 0.6 is 0 Å². The molecule has 3 heterocycles. The van der Waals surface area contributed by atoms with E-state index >= 15 is 0 Å². The number of aliphatic hydroxyl groups is 3. The summed E-state index contributed by atoms with van der Waals surface area (Å²) in [5.41, 5.74) is -2.44. The molecule has 11 atom stereocenters. The molecule has 3 saturated heterocycles. The summed E-state index contributed by atoms with van der Waals surface area (Å²) in [6.45, 7) is 3.96. The minimum absolute atomic E-state index is 0.111. The maximum atomic E-state index is 13.3. The quantitative estimate of drug-likeness (QED) is 0.200. The lowest BCUT2D eigenvalue weighted by Gasteiger charge is -2.55. The largest absolute Gasteiger partial charge is 0.505 e. The molecule has 5 fully saturated rings. The van der Waals surface area contributed by atoms with E-state index in [0.29, 0.717) is 5.92 Å². The third-order valence-corrected chi connectivity index (χ3v) is 10.5. The van der Waals surface area contributed by atoms with Gasteiger partial charge < -0.3 is 50.2 Å². The van der Waals surface area contributed by atoms with E-state index in [0.717, 1.165) is 31.4 Å². The fourth-order valence-electron chi connectivity index (χ4n) is 8.45. The van der Waals surface area contributed by atoms with Crippen molar-refractivity contribution in [2.75, 3.05) is 5.32 Å². The highest BCUT2D eigenvalue weighted by Crippen LogP contribution is 2.71. The van der Waals surface area contributed by atoms with E-state index < -0.39 is 76.7 Å². The minimum atomic E-state index is -1.99. The Morgan fingerprint density at radius 2 is 1.82 bits per heavy atom. The fourth-order valence-corrected chi connectivity index (χ4v) is 8.45. The summed E-state index contributed by atoms with van der Waals surface area (Å²) in [4.78, 5) is 49.9. The number of benzene rings is 1. The summed E-state index contributed by atoms with van der Waals surface area (Å²) in [7, 11) is 0. The van der Waals surface area contributed by atoms with Gasteiger partial charge in [0.05, 0.1) is 11.7 Å². The first-order valence-corrected chi connectivity index (χ1v) is 14.5. The number of carbonyl (C=O) groups is 4. The van der Waals surface area contributed by atoms with Gasteiger partial charge in [-0.3, -0.25) is 9.59 Å². The summed E-state index contributed by atoms with van der Waals surface area (Å²) in [6, 6.07) is 2.00. The van der Waals surface area contributed by atoms with Gasteiger partial charge in [-0.1, -0.05) is 13.0 Å². The van der Waals surface area contributed by atoms with E-state index in [4.69, 9.17) is 14.2 Å². The number of hydrogen-bond donors (Lipinski definition) is 7. The zero-order chi connectivity index (χ0) is 31.9. The van der Waals surface area contributed by atoms with E-state index in [1.807, 2.05) is 13.0 Å². The number of aliphatic carboxylic acids is 1. The number of carboxylic acids is 2. The Kier molecular flexibility index (Phi) is 7.09. The number of carbonyl (C=O) groups excluding carboxylic acids is 2. The number of phenols is 1. The normalized spacial score (nSPS) is 41.8. The monoisotopic (exact) mass is 617 g/mol. The van der Waals surface area contributed by atoms with Crippen molar-refractivity contribution in [1.29, 1.82) is 0 Å². The van der Waals surface area contributed by atoms with Crippen LogP contribution in [0.5, 0.6) is 11.5 Å². The van der Waals surface area contributed by atoms with Crippen LogP contribution in [0.3, 0.4) is 0 Å². The predicted octanol–water partition coefficient (Wildman–Crippen LogP) is 0.799. The van der Waals surface area contributed by atoms with Crippen LogP contribution in [0.4, 0.5) is 5.69 Å². The van der Waals surface area contributed by atoms with Crippen LogP contribution in [0.1, 0.15) is 56.3 Å². The molecule has 2 saturated carbocycles. The second-order valence-corrected chi connectivity index (χ2v) is 13.1. The number of nitrogens with one attached hydrogen (secondary N) is 1. The first kappa shape index (κ1) is 30.5. The van der Waals surface area contributed by atoms with Crippen LogP contribution in [0, 0.1) is 22.7 Å². The standard InChI is InChI=1S/C30H35NO13/c1-28(16(32)5-8-30-10-12-9-15(24(28)30)44-29(12,2)11-30)7-6-17(33)31-18-14(4-3-13(19(18)34)25(38)39)42-27-22(37)20(35)21(36)23(43-27)26(40)41/h3-5,8,12,15,20-24,27,34-37H,6-7,9-11H2,1-2H3,(H,31,33)(H,38,39)(H,40,41)/t12-,15+,20?,21?,22?,23?,24+,27?,28-,29+,30+/m1/s1. The zero-order valence-corrected chi connectivity index (χ0v) is 24.0. The molecule has 7 rings (SSSR count). The third-order valence-electron chi connectivity index (χ3n) is 10.5. The number of amides is 1. The van der Waals surface area contributed by atoms with Crippen LogP contribution in [-0.2, 0) is 23.9 Å². The van der Waals surface area contributed by atoms with Crippen LogP contribution in [0.15, 0.2) is 24.3 Å². The SMILES string of the molecule is C[C@]12C[C@@]34C=CC(=O)[C@@](C)(CCC(=O)Nc5c(OC6OC(C(=O)O)C(O)C(O)C6O)ccc(C(=O)O)c5O)[C@@H]3[C@H](C[C@@H]1C4)O2. The molecule has 1 aromatic carbocycles. The second-order valence-electron chi connectivity index (χ2n) is 13.1. The van der Waals surface area contributed by atoms with Crippen LogP contribution in [-0.4, -0.2) is 96.7 Å². The smallest absolute Gasteiger partial charge is 0.339 e. The number of rotatable bonds is 8. The molecule has 238 valence electrons. The number of hydrogen-bond acceptors (Lipinski definition) is 11. The first-order valence-electron chi connectivity index (χ1n) is 14.5. The van der Waals surface area contributed by atoms with E-state index in [1.54, 1.807) is 6.08 Å². The topological polar surface area (TPSA) is 229 Å². The van der Waals surface area contributed by atoms with Crippen LogP contribution < -0.4 is 10.1 Å². The van der Waals surface area contributed by atoms with Crippen molar-refractivity contribution >= 4 is 29.3 Å². The van der Waals surface area contributed by atoms with Crippen molar-refractivity contribution in [2.24, 2.45) is 22.7 Å². The number of ketones is 1. The number of anilines is 1. The summed E-state index contributed by atoms with van der Waals surface area (Å²) in [5.74, 6) is -4.99. The molecule has 4 bridgehead atoms. The predicted molar refractivity (Wildman–Crippen MR) is 147 cm³/mol. The number of aliphatic hydroxyl groups excluding tert-OH is 3. The van der Waals surface area contributed by atoms with Crippen molar-refractivity contribution in [3.05, 3.63) is 29.8 Å². The van der Waals surface area contributed by atoms with Gasteiger partial charge in [-0.25, -0.2) is 9.59 Å². The number of aromatic hydroxyl groups is 1. The summed E-state index contributed by atoms with van der Waals surface area (Å²) in [6.07, 6.45) is -3.76. The average molecular weight is 618 g/mol. The van der Waals surface area contributed by atoms with Gasteiger partial charge in [0.25, 0.3) is 0 Å². The number of aromatic carboxylic acids is 1. The van der Waals surface area contributed by atoms with Gasteiger partial charge in [0.1, 0.15) is 35.3 Å². The van der Waals surface area contributed by atoms with Crippen LogP contribution in [0.2, 0.25) is 0 Å². The van der Waals surface area contributed by atoms with Crippen molar-refractivity contribution in [2.45, 2.75) is 88.4 Å². The van der Waals surface area contributed by atoms with E-state index in [-0.39, 0.29) is 41.7 Å². The van der Waals surface area contributed by atoms with Crippen molar-refractivity contribution in [3.63, 3.8) is 0 Å². The van der Waals surface area contributed by atoms with Gasteiger partial charge in [0.2, 0.25) is 12.2 Å². The van der Waals surface area contributed by atoms with E-state index in [2.05, 4.69) is 12.2 Å². The fraction of sp³-hybridized carbons (Fsp3) is 0.600. The molecule has 0 aromatic heterocycles. The lowest BCUT2D eigenvalue weighted by atomic mass is 9.51. The Labute approximate surface area is 251 Å². The molecular weight excluding hydrogens is 582 g/mol. The highest BCUT2D eigenvalue weighted by Gasteiger charge is 2.71. The summed E-state index contributed by atoms with van der Waals surface area (Å²) >= 11 is 0. The van der Waals surface area contributed by atoms with Crippen molar-refractivity contribution in [3.8, 4) is 11.5 Å². The van der Waals surface area contributed by atoms with Gasteiger partial charge >= 0.3 is 11.9 Å². The minimum Gasteiger partial charge on any atom is -0.505 e. The molecule has 3 aliphatic carbocycles. The molecule has 6 aliphatic rings. The van der Waals surface area contributed by atoms with Gasteiger partial charge in [0.15, 0.2) is 17.6 Å². The molecule has 5 unspecified atom stereocenters. The summed E-state index contributed by atoms with van der Waals surface area (Å²) < 4.78 is 17.1. The highest BCUT2D eigenvalue weighted by molar-refractivity contribution is 6.00. The Morgan fingerprint density at radius 3 is 2.48 bits per heavy atom. The van der Waals surface area contributed by atoms with Gasteiger partial charge in [-0.15, -0.1) is 0 Å². The van der Waals surface area contributed by atoms with Crippen molar-refractivity contribution < 1.29 is 64.0 Å². The lowest BCUT2D eigenvalue weighted by Crippen LogP contribution is -2.61. The maximum absolute atomic E-state index is 13.3. The Hall–Kier alpha value is -3.56. The summed E-state index contributed by atoms with van der Waals surface area (Å²) in [5, 5.41) is 62.5. The molecule has 1 aromatic rings. The first-order chi connectivity index (χ1) is 20.6. The van der Waals surface area contributed by atoms with Gasteiger partial charge in [-0.05, 0) is 62.1 Å². The highest BCUT2D eigenvalue weighted by atomic mass is 16.7. The number of allylic oxidation sites excluding steroid dienone is 2. The Bertz CT molecular complexity index is 1460. The molecule has 7 N–H and O–H groups in total. The zero-order valence-electron chi connectivity index (χ0n) is 24.0. The molecule has 1 amide bonds. The van der Waals surface area contributed by atoms with Crippen molar-refractivity contribution in [1.82, 2.24) is 0 Å². The molecule has 0 radical (unpaired) electrons. The maximum Gasteiger partial charge on any atom is 0.339 e. The van der Waals surface area contributed by atoms with E-state index in [9.17, 15) is 49.8 Å². The Morgan fingerprint density at radius 1 is 1.09 bits per heavy atom. The van der Waals surface area contributed by atoms with Gasteiger partial charge in [-0.2, -0.15) is 0 Å². The van der Waals surface area contributed by atoms with E-state index in [1.165, 1.54) is 0 Å². The average Bonchev–Trinajstić information content (AvgIpc) is 3.32. The van der Waals surface area contributed by atoms with Gasteiger partial charge in [0, 0.05) is 17.8 Å². The molecule has 44 heavy (non-hydrogen) atoms. The number of carboxylic acid groups (broad SMARTS) is 2. The molecule has 1 spiro atoms. The lowest BCUT2D eigenvalue weighted by molar-refractivity contribution is -0.271. The molecule has 14 heteroatoms. The molecule has 14 nitrogen and oxygen atoms in total. The van der Waals surface area contributed by atoms with Crippen LogP contribution in [0.25, 0.3) is 0 Å². The number of ether oxygens (including phenoxy) is 3. The molecular formula is C30H35NO13. The molecule has 3 aliphatic heterocycles. The second kappa shape index (κ2) is 10.2. The third kappa shape index (κ3) is 4.50. The Balaban J connectivity index is 1.23.